The van der Waals surface area contributed by atoms with Crippen LogP contribution in [0.2, 0.25) is 0 Å². The second-order valence-electron chi connectivity index (χ2n) is 3.78. The number of carbonyl (C=O) groups excluding carboxylic acids is 2. The summed E-state index contributed by atoms with van der Waals surface area (Å²) in [5, 5.41) is 0. The Morgan fingerprint density at radius 3 is 2.56 bits per heavy atom. The summed E-state index contributed by atoms with van der Waals surface area (Å²) < 4.78 is 23.6. The summed E-state index contributed by atoms with van der Waals surface area (Å²) in [6, 6.07) is 4.02. The highest BCUT2D eigenvalue weighted by Crippen LogP contribution is 2.31. The van der Waals surface area contributed by atoms with Crippen LogP contribution in [0, 0.1) is 5.82 Å². The lowest BCUT2D eigenvalue weighted by Gasteiger charge is -2.21. The van der Waals surface area contributed by atoms with Gasteiger partial charge in [-0.15, -0.1) is 0 Å². The third-order valence-electron chi connectivity index (χ3n) is 2.80. The summed E-state index contributed by atoms with van der Waals surface area (Å²) in [7, 11) is 2.80. The molecular weight excluding hydrogens is 241 g/mol. The fourth-order valence-corrected chi connectivity index (χ4v) is 1.88. The smallest absolute Gasteiger partial charge is 0.299 e. The summed E-state index contributed by atoms with van der Waals surface area (Å²) in [6.45, 7) is -0.0362. The number of ether oxygens (including phenoxy) is 2. The monoisotopic (exact) mass is 253 g/mol. The number of hydrogen-bond donors (Lipinski definition) is 0. The first-order valence-corrected chi connectivity index (χ1v) is 5.30. The minimum atomic E-state index is -0.769. The third-order valence-corrected chi connectivity index (χ3v) is 2.80. The first-order chi connectivity index (χ1) is 8.60. The average Bonchev–Trinajstić information content (AvgIpc) is 2.62. The molecule has 6 heteroatoms. The molecule has 1 aliphatic heterocycles. The standard InChI is InChI=1S/C12H12FNO4/c1-17-9(18-2)6-14-10-7(11(15)12(14)16)4-3-5-8(10)13/h3-5,9H,6H2,1-2H3. The Morgan fingerprint density at radius 2 is 1.94 bits per heavy atom. The molecular formula is C12H12FNO4. The summed E-state index contributed by atoms with van der Waals surface area (Å²) in [4.78, 5) is 24.5. The van der Waals surface area contributed by atoms with Crippen molar-refractivity contribution in [1.82, 2.24) is 0 Å². The maximum Gasteiger partial charge on any atom is 0.299 e. The molecule has 0 atom stereocenters. The van der Waals surface area contributed by atoms with E-state index in [2.05, 4.69) is 0 Å². The summed E-state index contributed by atoms with van der Waals surface area (Å²) >= 11 is 0. The van der Waals surface area contributed by atoms with Crippen molar-refractivity contribution in [1.29, 1.82) is 0 Å². The largest absolute Gasteiger partial charge is 0.354 e. The number of nitrogens with zero attached hydrogens (tertiary/aromatic N) is 1. The van der Waals surface area contributed by atoms with Gasteiger partial charge in [0.05, 0.1) is 17.8 Å². The van der Waals surface area contributed by atoms with Crippen LogP contribution in [0.25, 0.3) is 0 Å². The van der Waals surface area contributed by atoms with E-state index < -0.39 is 23.8 Å². The van der Waals surface area contributed by atoms with Crippen LogP contribution in [0.1, 0.15) is 10.4 Å². The van der Waals surface area contributed by atoms with E-state index in [1.54, 1.807) is 0 Å². The van der Waals surface area contributed by atoms with Crippen LogP contribution in [-0.4, -0.2) is 38.7 Å². The van der Waals surface area contributed by atoms with Gasteiger partial charge in [0.15, 0.2) is 6.29 Å². The van der Waals surface area contributed by atoms with Gasteiger partial charge in [-0.3, -0.25) is 14.5 Å². The Hall–Kier alpha value is -1.79. The number of anilines is 1. The zero-order valence-electron chi connectivity index (χ0n) is 9.97. The normalized spacial score (nSPS) is 14.6. The van der Waals surface area contributed by atoms with Gasteiger partial charge < -0.3 is 9.47 Å². The Bertz CT molecular complexity index is 499. The predicted octanol–water partition coefficient (Wildman–Crippen LogP) is 0.974. The van der Waals surface area contributed by atoms with Crippen molar-refractivity contribution in [3.63, 3.8) is 0 Å². The minimum absolute atomic E-state index is 0.00778. The first kappa shape index (κ1) is 12.7. The Kier molecular flexibility index (Phi) is 3.40. The SMILES string of the molecule is COC(CN1C(=O)C(=O)c2cccc(F)c21)OC. The van der Waals surface area contributed by atoms with Gasteiger partial charge in [-0.25, -0.2) is 4.39 Å². The lowest BCUT2D eigenvalue weighted by molar-refractivity contribution is -0.119. The summed E-state index contributed by atoms with van der Waals surface area (Å²) in [5.74, 6) is -2.10. The van der Waals surface area contributed by atoms with Crippen molar-refractivity contribution in [2.24, 2.45) is 0 Å². The van der Waals surface area contributed by atoms with E-state index in [4.69, 9.17) is 9.47 Å². The third kappa shape index (κ3) is 1.89. The highest BCUT2D eigenvalue weighted by molar-refractivity contribution is 6.52. The molecule has 1 aliphatic rings. The van der Waals surface area contributed by atoms with E-state index in [0.717, 1.165) is 4.90 Å². The molecule has 1 aromatic rings. The zero-order chi connectivity index (χ0) is 13.3. The number of rotatable bonds is 4. The molecule has 0 N–H and O–H groups in total. The molecule has 0 unspecified atom stereocenters. The molecule has 2 rings (SSSR count). The van der Waals surface area contributed by atoms with Gasteiger partial charge in [0.25, 0.3) is 11.7 Å². The molecule has 1 amide bonds. The number of halogens is 1. The molecule has 5 nitrogen and oxygen atoms in total. The van der Waals surface area contributed by atoms with E-state index in [1.807, 2.05) is 0 Å². The van der Waals surface area contributed by atoms with Gasteiger partial charge in [-0.1, -0.05) is 6.07 Å². The first-order valence-electron chi connectivity index (χ1n) is 5.30. The number of ketones is 1. The van der Waals surface area contributed by atoms with Crippen molar-refractivity contribution in [3.05, 3.63) is 29.6 Å². The van der Waals surface area contributed by atoms with Gasteiger partial charge in [-0.05, 0) is 12.1 Å². The fourth-order valence-electron chi connectivity index (χ4n) is 1.88. The highest BCUT2D eigenvalue weighted by atomic mass is 19.1. The van der Waals surface area contributed by atoms with E-state index in [9.17, 15) is 14.0 Å². The number of carbonyl (C=O) groups is 2. The maximum atomic E-state index is 13.7. The number of benzene rings is 1. The number of amides is 1. The average molecular weight is 253 g/mol. The van der Waals surface area contributed by atoms with Crippen molar-refractivity contribution in [2.45, 2.75) is 6.29 Å². The van der Waals surface area contributed by atoms with Crippen LogP contribution in [0.5, 0.6) is 0 Å². The van der Waals surface area contributed by atoms with E-state index >= 15 is 0 Å². The van der Waals surface area contributed by atoms with Crippen molar-refractivity contribution >= 4 is 17.4 Å². The Morgan fingerprint density at radius 1 is 1.28 bits per heavy atom. The molecule has 0 saturated heterocycles. The second kappa shape index (κ2) is 4.83. The molecule has 0 radical (unpaired) electrons. The van der Waals surface area contributed by atoms with Gasteiger partial charge in [0.2, 0.25) is 0 Å². The van der Waals surface area contributed by atoms with Crippen LogP contribution in [-0.2, 0) is 14.3 Å². The van der Waals surface area contributed by atoms with Crippen LogP contribution in [0.4, 0.5) is 10.1 Å². The lowest BCUT2D eigenvalue weighted by atomic mass is 10.1. The maximum absolute atomic E-state index is 13.7. The number of hydrogen-bond acceptors (Lipinski definition) is 4. The molecule has 0 aromatic heterocycles. The topological polar surface area (TPSA) is 55.8 Å². The molecule has 18 heavy (non-hydrogen) atoms. The van der Waals surface area contributed by atoms with Crippen LogP contribution in [0.15, 0.2) is 18.2 Å². The Balaban J connectivity index is 2.39. The van der Waals surface area contributed by atoms with E-state index in [0.29, 0.717) is 0 Å². The predicted molar refractivity (Wildman–Crippen MR) is 60.9 cm³/mol. The van der Waals surface area contributed by atoms with Crippen LogP contribution >= 0.6 is 0 Å². The van der Waals surface area contributed by atoms with Crippen molar-refractivity contribution in [3.8, 4) is 0 Å². The number of para-hydroxylation sites is 1. The van der Waals surface area contributed by atoms with Crippen LogP contribution in [0.3, 0.4) is 0 Å². The van der Waals surface area contributed by atoms with Crippen molar-refractivity contribution < 1.29 is 23.5 Å². The van der Waals surface area contributed by atoms with E-state index in [1.165, 1.54) is 32.4 Å². The minimum Gasteiger partial charge on any atom is -0.354 e. The molecule has 0 spiro atoms. The van der Waals surface area contributed by atoms with Crippen molar-refractivity contribution in [2.75, 3.05) is 25.7 Å². The Labute approximate surface area is 103 Å². The van der Waals surface area contributed by atoms with E-state index in [-0.39, 0.29) is 17.8 Å². The van der Waals surface area contributed by atoms with Gasteiger partial charge in [0, 0.05) is 14.2 Å². The zero-order valence-corrected chi connectivity index (χ0v) is 9.97. The molecule has 0 fully saturated rings. The summed E-state index contributed by atoms with van der Waals surface area (Å²) in [6.07, 6.45) is -0.715. The lowest BCUT2D eigenvalue weighted by Crippen LogP contribution is -2.38. The highest BCUT2D eigenvalue weighted by Gasteiger charge is 2.38. The van der Waals surface area contributed by atoms with Gasteiger partial charge in [-0.2, -0.15) is 0 Å². The van der Waals surface area contributed by atoms with Gasteiger partial charge >= 0.3 is 0 Å². The molecule has 1 aromatic carbocycles. The molecule has 0 aliphatic carbocycles. The number of Topliss-reactive ketones (excluding diaryl/α,β-unsaturated/α-hetero) is 1. The molecule has 1 heterocycles. The molecule has 0 saturated carbocycles. The van der Waals surface area contributed by atoms with Crippen LogP contribution < -0.4 is 4.90 Å². The molecule has 96 valence electrons. The number of fused-ring (bicyclic) bond motifs is 1. The van der Waals surface area contributed by atoms with Gasteiger partial charge in [0.1, 0.15) is 5.82 Å². The molecule has 0 bridgehead atoms. The fraction of sp³-hybridized carbons (Fsp3) is 0.333. The quantitative estimate of drug-likeness (QED) is 0.592. The second-order valence-corrected chi connectivity index (χ2v) is 3.78. The summed E-state index contributed by atoms with van der Waals surface area (Å²) in [5.41, 5.74) is 0.0672. The number of methoxy groups -OCH3 is 2.